The van der Waals surface area contributed by atoms with Gasteiger partial charge in [0.25, 0.3) is 0 Å². The van der Waals surface area contributed by atoms with Gasteiger partial charge < -0.3 is 10.5 Å². The summed E-state index contributed by atoms with van der Waals surface area (Å²) in [5, 5.41) is 0. The average molecular weight is 229 g/mol. The number of aryl methyl sites for hydroxylation is 1. The Kier molecular flexibility index (Phi) is 3.35. The number of benzene rings is 1. The van der Waals surface area contributed by atoms with Crippen LogP contribution < -0.4 is 10.5 Å². The van der Waals surface area contributed by atoms with Crippen molar-refractivity contribution in [3.63, 3.8) is 0 Å². The maximum absolute atomic E-state index is 5.75. The Hall–Kier alpha value is -1.94. The summed E-state index contributed by atoms with van der Waals surface area (Å²) in [6.45, 7) is 2.20. The number of rotatable bonds is 3. The molecule has 0 unspecified atom stereocenters. The zero-order valence-electron chi connectivity index (χ0n) is 9.97. The van der Waals surface area contributed by atoms with E-state index < -0.39 is 0 Å². The van der Waals surface area contributed by atoms with Crippen molar-refractivity contribution in [1.82, 2.24) is 9.97 Å². The van der Waals surface area contributed by atoms with Crippen LogP contribution in [-0.4, -0.2) is 17.1 Å². The first-order valence-electron chi connectivity index (χ1n) is 5.43. The predicted octanol–water partition coefficient (Wildman–Crippen LogP) is 1.92. The molecule has 0 atom stereocenters. The fourth-order valence-corrected chi connectivity index (χ4v) is 1.76. The van der Waals surface area contributed by atoms with E-state index in [2.05, 4.69) is 9.97 Å². The second-order valence-electron chi connectivity index (χ2n) is 3.68. The Morgan fingerprint density at radius 3 is 2.47 bits per heavy atom. The molecular formula is C13H15N3O. The molecule has 4 nitrogen and oxygen atoms in total. The largest absolute Gasteiger partial charge is 0.481 e. The van der Waals surface area contributed by atoms with Crippen molar-refractivity contribution >= 4 is 0 Å². The third-order valence-electron chi connectivity index (χ3n) is 2.53. The minimum Gasteiger partial charge on any atom is -0.481 e. The van der Waals surface area contributed by atoms with Crippen LogP contribution in [0.25, 0.3) is 11.3 Å². The second kappa shape index (κ2) is 4.93. The molecule has 2 N–H and O–H groups in total. The minimum atomic E-state index is 0.355. The fourth-order valence-electron chi connectivity index (χ4n) is 1.76. The predicted molar refractivity (Wildman–Crippen MR) is 66.6 cm³/mol. The van der Waals surface area contributed by atoms with Crippen LogP contribution >= 0.6 is 0 Å². The van der Waals surface area contributed by atoms with E-state index in [4.69, 9.17) is 10.5 Å². The summed E-state index contributed by atoms with van der Waals surface area (Å²) in [5.74, 6) is 1.23. The summed E-state index contributed by atoms with van der Waals surface area (Å²) in [6, 6.07) is 9.91. The van der Waals surface area contributed by atoms with E-state index in [1.807, 2.05) is 37.3 Å². The van der Waals surface area contributed by atoms with E-state index in [1.54, 1.807) is 7.11 Å². The molecule has 4 heteroatoms. The molecule has 1 aromatic carbocycles. The van der Waals surface area contributed by atoms with Gasteiger partial charge in [0, 0.05) is 12.1 Å². The molecule has 0 spiro atoms. The highest BCUT2D eigenvalue weighted by Gasteiger charge is 2.13. The van der Waals surface area contributed by atoms with Crippen LogP contribution in [0.4, 0.5) is 0 Å². The topological polar surface area (TPSA) is 61.0 Å². The Labute approximate surface area is 100 Å². The Balaban J connectivity index is 2.64. The smallest absolute Gasteiger partial charge is 0.221 e. The minimum absolute atomic E-state index is 0.355. The van der Waals surface area contributed by atoms with Gasteiger partial charge in [-0.05, 0) is 6.92 Å². The number of aromatic nitrogens is 2. The van der Waals surface area contributed by atoms with Crippen molar-refractivity contribution in [1.29, 1.82) is 0 Å². The van der Waals surface area contributed by atoms with E-state index >= 15 is 0 Å². The molecule has 1 heterocycles. The monoisotopic (exact) mass is 229 g/mol. The summed E-state index contributed by atoms with van der Waals surface area (Å²) < 4.78 is 5.25. The van der Waals surface area contributed by atoms with E-state index in [9.17, 15) is 0 Å². The van der Waals surface area contributed by atoms with Gasteiger partial charge in [0.1, 0.15) is 5.82 Å². The lowest BCUT2D eigenvalue weighted by Gasteiger charge is -2.11. The molecule has 0 aliphatic rings. The zero-order chi connectivity index (χ0) is 12.3. The fraction of sp³-hybridized carbons (Fsp3) is 0.231. The lowest BCUT2D eigenvalue weighted by atomic mass is 10.1. The van der Waals surface area contributed by atoms with Crippen molar-refractivity contribution in [2.45, 2.75) is 13.5 Å². The van der Waals surface area contributed by atoms with Gasteiger partial charge in [-0.15, -0.1) is 0 Å². The van der Waals surface area contributed by atoms with Gasteiger partial charge in [0.05, 0.1) is 18.4 Å². The molecule has 0 saturated carbocycles. The maximum Gasteiger partial charge on any atom is 0.221 e. The average Bonchev–Trinajstić information content (AvgIpc) is 2.38. The van der Waals surface area contributed by atoms with E-state index in [-0.39, 0.29) is 0 Å². The number of methoxy groups -OCH3 is 1. The highest BCUT2D eigenvalue weighted by Crippen LogP contribution is 2.27. The normalized spacial score (nSPS) is 10.3. The first-order chi connectivity index (χ1) is 8.26. The second-order valence-corrected chi connectivity index (χ2v) is 3.68. The summed E-state index contributed by atoms with van der Waals surface area (Å²) >= 11 is 0. The molecule has 0 saturated heterocycles. The van der Waals surface area contributed by atoms with Crippen LogP contribution in [0.2, 0.25) is 0 Å². The van der Waals surface area contributed by atoms with Gasteiger partial charge in [-0.1, -0.05) is 30.3 Å². The number of hydrogen-bond donors (Lipinski definition) is 1. The standard InChI is InChI=1S/C13H15N3O/c1-9-15-12(10-6-4-3-5-7-10)11(8-14)13(16-9)17-2/h3-7H,8,14H2,1-2H3. The van der Waals surface area contributed by atoms with Gasteiger partial charge >= 0.3 is 0 Å². The van der Waals surface area contributed by atoms with Crippen molar-refractivity contribution in [3.05, 3.63) is 41.7 Å². The van der Waals surface area contributed by atoms with Gasteiger partial charge in [0.15, 0.2) is 0 Å². The molecule has 17 heavy (non-hydrogen) atoms. The van der Waals surface area contributed by atoms with Crippen LogP contribution in [-0.2, 0) is 6.54 Å². The van der Waals surface area contributed by atoms with Crippen molar-refractivity contribution < 1.29 is 4.74 Å². The first-order valence-corrected chi connectivity index (χ1v) is 5.43. The number of ether oxygens (including phenoxy) is 1. The van der Waals surface area contributed by atoms with E-state index in [1.165, 1.54) is 0 Å². The van der Waals surface area contributed by atoms with Crippen molar-refractivity contribution in [2.75, 3.05) is 7.11 Å². The molecule has 2 rings (SSSR count). The highest BCUT2D eigenvalue weighted by molar-refractivity contribution is 5.64. The number of hydrogen-bond acceptors (Lipinski definition) is 4. The molecule has 1 aromatic heterocycles. The molecule has 88 valence electrons. The zero-order valence-corrected chi connectivity index (χ0v) is 9.97. The van der Waals surface area contributed by atoms with E-state index in [0.717, 1.165) is 16.8 Å². The van der Waals surface area contributed by atoms with Crippen LogP contribution in [0.5, 0.6) is 5.88 Å². The molecule has 0 amide bonds. The summed E-state index contributed by atoms with van der Waals surface area (Å²) in [7, 11) is 1.59. The van der Waals surface area contributed by atoms with Crippen LogP contribution in [0.1, 0.15) is 11.4 Å². The molecule has 0 fully saturated rings. The number of nitrogens with zero attached hydrogens (tertiary/aromatic N) is 2. The summed E-state index contributed by atoms with van der Waals surface area (Å²) in [5.41, 5.74) is 8.46. The molecule has 0 radical (unpaired) electrons. The first kappa shape index (κ1) is 11.5. The lowest BCUT2D eigenvalue weighted by Crippen LogP contribution is -2.07. The molecular weight excluding hydrogens is 214 g/mol. The Bertz CT molecular complexity index is 512. The quantitative estimate of drug-likeness (QED) is 0.873. The molecule has 0 bridgehead atoms. The third kappa shape index (κ3) is 2.26. The molecule has 2 aromatic rings. The Morgan fingerprint density at radius 1 is 1.18 bits per heavy atom. The Morgan fingerprint density at radius 2 is 1.88 bits per heavy atom. The van der Waals surface area contributed by atoms with E-state index in [0.29, 0.717) is 18.2 Å². The van der Waals surface area contributed by atoms with Gasteiger partial charge in [-0.3, -0.25) is 0 Å². The maximum atomic E-state index is 5.75. The lowest BCUT2D eigenvalue weighted by molar-refractivity contribution is 0.390. The van der Waals surface area contributed by atoms with Crippen LogP contribution in [0.15, 0.2) is 30.3 Å². The molecule has 0 aliphatic heterocycles. The number of nitrogens with two attached hydrogens (primary N) is 1. The van der Waals surface area contributed by atoms with Gasteiger partial charge in [0.2, 0.25) is 5.88 Å². The van der Waals surface area contributed by atoms with Gasteiger partial charge in [-0.25, -0.2) is 4.98 Å². The summed E-state index contributed by atoms with van der Waals surface area (Å²) in [6.07, 6.45) is 0. The third-order valence-corrected chi connectivity index (χ3v) is 2.53. The van der Waals surface area contributed by atoms with Crippen molar-refractivity contribution in [3.8, 4) is 17.1 Å². The van der Waals surface area contributed by atoms with Crippen LogP contribution in [0, 0.1) is 6.92 Å². The highest BCUT2D eigenvalue weighted by atomic mass is 16.5. The van der Waals surface area contributed by atoms with Crippen molar-refractivity contribution in [2.24, 2.45) is 5.73 Å². The molecule has 0 aliphatic carbocycles. The summed E-state index contributed by atoms with van der Waals surface area (Å²) in [4.78, 5) is 8.69. The van der Waals surface area contributed by atoms with Gasteiger partial charge in [-0.2, -0.15) is 4.98 Å². The van der Waals surface area contributed by atoms with Crippen LogP contribution in [0.3, 0.4) is 0 Å². The SMILES string of the molecule is COc1nc(C)nc(-c2ccccc2)c1CN.